The number of hydrogen-bond donors (Lipinski definition) is 3. The fourth-order valence-electron chi connectivity index (χ4n) is 1.75. The first-order chi connectivity index (χ1) is 8.02. The maximum atomic E-state index is 11.7. The van der Waals surface area contributed by atoms with Crippen LogP contribution in [0.3, 0.4) is 0 Å². The average Bonchev–Trinajstić information content (AvgIpc) is 2.72. The molecular formula is C10H18N4O3. The van der Waals surface area contributed by atoms with Crippen LogP contribution < -0.4 is 16.4 Å². The first-order valence-corrected chi connectivity index (χ1v) is 5.54. The maximum Gasteiger partial charge on any atom is 0.242 e. The lowest BCUT2D eigenvalue weighted by atomic mass is 10.3. The zero-order valence-corrected chi connectivity index (χ0v) is 9.86. The molecule has 0 bridgehead atoms. The number of amides is 3. The van der Waals surface area contributed by atoms with Crippen molar-refractivity contribution in [1.82, 2.24) is 15.5 Å². The molecule has 0 radical (unpaired) electrons. The van der Waals surface area contributed by atoms with Crippen LogP contribution in [0.2, 0.25) is 0 Å². The predicted molar refractivity (Wildman–Crippen MR) is 60.9 cm³/mol. The predicted octanol–water partition coefficient (Wildman–Crippen LogP) is -2.20. The molecule has 1 atom stereocenters. The summed E-state index contributed by atoms with van der Waals surface area (Å²) < 4.78 is 0. The highest BCUT2D eigenvalue weighted by molar-refractivity contribution is 5.85. The van der Waals surface area contributed by atoms with Gasteiger partial charge in [0.05, 0.1) is 13.1 Å². The highest BCUT2D eigenvalue weighted by atomic mass is 16.2. The summed E-state index contributed by atoms with van der Waals surface area (Å²) in [6, 6.07) is 0.0154. The zero-order valence-electron chi connectivity index (χ0n) is 9.86. The fraction of sp³-hybridized carbons (Fsp3) is 0.700. The first-order valence-electron chi connectivity index (χ1n) is 5.54. The van der Waals surface area contributed by atoms with Gasteiger partial charge in [-0.15, -0.1) is 0 Å². The molecule has 0 aromatic carbocycles. The molecule has 0 aliphatic carbocycles. The van der Waals surface area contributed by atoms with Crippen molar-refractivity contribution in [2.45, 2.75) is 19.4 Å². The number of rotatable bonds is 4. The van der Waals surface area contributed by atoms with E-state index in [1.54, 1.807) is 4.90 Å². The second-order valence-corrected chi connectivity index (χ2v) is 4.01. The van der Waals surface area contributed by atoms with Gasteiger partial charge in [0.25, 0.3) is 0 Å². The largest absolute Gasteiger partial charge is 0.352 e. The maximum absolute atomic E-state index is 11.7. The van der Waals surface area contributed by atoms with Gasteiger partial charge in [0, 0.05) is 26.1 Å². The molecule has 3 amide bonds. The molecule has 7 heteroatoms. The van der Waals surface area contributed by atoms with Crippen molar-refractivity contribution in [3.63, 3.8) is 0 Å². The third-order valence-corrected chi connectivity index (χ3v) is 2.57. The van der Waals surface area contributed by atoms with E-state index in [2.05, 4.69) is 10.6 Å². The van der Waals surface area contributed by atoms with Crippen molar-refractivity contribution in [1.29, 1.82) is 0 Å². The summed E-state index contributed by atoms with van der Waals surface area (Å²) in [6.45, 7) is 2.38. The monoisotopic (exact) mass is 242 g/mol. The SMILES string of the molecule is CC(=O)NC1CCN(C(=O)CNC(=O)CN)C1. The van der Waals surface area contributed by atoms with Gasteiger partial charge in [-0.2, -0.15) is 0 Å². The number of carbonyl (C=O) groups excluding carboxylic acids is 3. The van der Waals surface area contributed by atoms with Crippen LogP contribution in [-0.4, -0.2) is 54.8 Å². The molecule has 0 saturated carbocycles. The van der Waals surface area contributed by atoms with Crippen LogP contribution in [0.25, 0.3) is 0 Å². The second-order valence-electron chi connectivity index (χ2n) is 4.01. The Balaban J connectivity index is 2.30. The Labute approximate surface area is 99.7 Å². The van der Waals surface area contributed by atoms with Gasteiger partial charge < -0.3 is 21.3 Å². The van der Waals surface area contributed by atoms with Crippen molar-refractivity contribution in [3.8, 4) is 0 Å². The molecule has 96 valence electrons. The Kier molecular flexibility index (Phi) is 4.89. The number of hydrogen-bond acceptors (Lipinski definition) is 4. The fourth-order valence-corrected chi connectivity index (χ4v) is 1.75. The molecule has 1 unspecified atom stereocenters. The number of nitrogens with zero attached hydrogens (tertiary/aromatic N) is 1. The Morgan fingerprint density at radius 1 is 1.41 bits per heavy atom. The van der Waals surface area contributed by atoms with E-state index in [0.29, 0.717) is 13.1 Å². The quantitative estimate of drug-likeness (QED) is 0.520. The third kappa shape index (κ3) is 4.39. The van der Waals surface area contributed by atoms with Gasteiger partial charge in [-0.1, -0.05) is 0 Å². The van der Waals surface area contributed by atoms with Crippen molar-refractivity contribution in [2.24, 2.45) is 5.73 Å². The second kappa shape index (κ2) is 6.19. The summed E-state index contributed by atoms with van der Waals surface area (Å²) in [4.78, 5) is 35.0. The summed E-state index contributed by atoms with van der Waals surface area (Å²) in [7, 11) is 0. The van der Waals surface area contributed by atoms with Crippen LogP contribution in [0.5, 0.6) is 0 Å². The van der Waals surface area contributed by atoms with Gasteiger partial charge in [-0.05, 0) is 6.42 Å². The van der Waals surface area contributed by atoms with E-state index < -0.39 is 0 Å². The minimum Gasteiger partial charge on any atom is -0.352 e. The van der Waals surface area contributed by atoms with Gasteiger partial charge in [0.2, 0.25) is 17.7 Å². The molecule has 7 nitrogen and oxygen atoms in total. The van der Waals surface area contributed by atoms with E-state index in [-0.39, 0.29) is 36.9 Å². The lowest BCUT2D eigenvalue weighted by Gasteiger charge is -2.17. The molecule has 0 aromatic rings. The molecule has 1 saturated heterocycles. The molecule has 0 aromatic heterocycles. The van der Waals surface area contributed by atoms with Crippen molar-refractivity contribution >= 4 is 17.7 Å². The zero-order chi connectivity index (χ0) is 12.8. The van der Waals surface area contributed by atoms with Crippen molar-refractivity contribution in [3.05, 3.63) is 0 Å². The molecule has 1 fully saturated rings. The van der Waals surface area contributed by atoms with Crippen LogP contribution in [0, 0.1) is 0 Å². The Morgan fingerprint density at radius 2 is 2.12 bits per heavy atom. The van der Waals surface area contributed by atoms with Gasteiger partial charge in [-0.3, -0.25) is 14.4 Å². The Hall–Kier alpha value is -1.63. The first kappa shape index (κ1) is 13.4. The van der Waals surface area contributed by atoms with Crippen LogP contribution in [0.1, 0.15) is 13.3 Å². The Morgan fingerprint density at radius 3 is 2.71 bits per heavy atom. The van der Waals surface area contributed by atoms with E-state index in [9.17, 15) is 14.4 Å². The average molecular weight is 242 g/mol. The van der Waals surface area contributed by atoms with Gasteiger partial charge >= 0.3 is 0 Å². The smallest absolute Gasteiger partial charge is 0.242 e. The lowest BCUT2D eigenvalue weighted by molar-refractivity contribution is -0.131. The minimum absolute atomic E-state index is 0.0154. The topological polar surface area (TPSA) is 105 Å². The van der Waals surface area contributed by atoms with Gasteiger partial charge in [0.1, 0.15) is 0 Å². The molecule has 1 heterocycles. The van der Waals surface area contributed by atoms with E-state index in [0.717, 1.165) is 6.42 Å². The van der Waals surface area contributed by atoms with E-state index in [1.165, 1.54) is 6.92 Å². The van der Waals surface area contributed by atoms with E-state index in [4.69, 9.17) is 5.73 Å². The Bertz CT molecular complexity index is 319. The van der Waals surface area contributed by atoms with Crippen LogP contribution in [-0.2, 0) is 14.4 Å². The van der Waals surface area contributed by atoms with E-state index >= 15 is 0 Å². The highest BCUT2D eigenvalue weighted by Gasteiger charge is 2.26. The molecule has 17 heavy (non-hydrogen) atoms. The summed E-state index contributed by atoms with van der Waals surface area (Å²) in [5.74, 6) is -0.601. The molecule has 1 rings (SSSR count). The molecule has 4 N–H and O–H groups in total. The van der Waals surface area contributed by atoms with Crippen LogP contribution in [0.15, 0.2) is 0 Å². The summed E-state index contributed by atoms with van der Waals surface area (Å²) in [6.07, 6.45) is 0.746. The summed E-state index contributed by atoms with van der Waals surface area (Å²) in [5.41, 5.74) is 5.10. The number of carbonyl (C=O) groups is 3. The van der Waals surface area contributed by atoms with Crippen LogP contribution in [0.4, 0.5) is 0 Å². The van der Waals surface area contributed by atoms with Crippen molar-refractivity contribution < 1.29 is 14.4 Å². The molecular weight excluding hydrogens is 224 g/mol. The number of likely N-dealkylation sites (tertiary alicyclic amines) is 1. The minimum atomic E-state index is -0.351. The van der Waals surface area contributed by atoms with Crippen molar-refractivity contribution in [2.75, 3.05) is 26.2 Å². The number of nitrogens with one attached hydrogen (secondary N) is 2. The van der Waals surface area contributed by atoms with Gasteiger partial charge in [0.15, 0.2) is 0 Å². The molecule has 0 spiro atoms. The van der Waals surface area contributed by atoms with E-state index in [1.807, 2.05) is 0 Å². The summed E-state index contributed by atoms with van der Waals surface area (Å²) >= 11 is 0. The standard InChI is InChI=1S/C10H18N4O3/c1-7(15)13-8-2-3-14(6-8)10(17)5-12-9(16)4-11/h8H,2-6,11H2,1H3,(H,12,16)(H,13,15). The summed E-state index contributed by atoms with van der Waals surface area (Å²) in [5, 5.41) is 5.18. The molecule has 1 aliphatic heterocycles. The van der Waals surface area contributed by atoms with Crippen LogP contribution >= 0.6 is 0 Å². The highest BCUT2D eigenvalue weighted by Crippen LogP contribution is 2.08. The van der Waals surface area contributed by atoms with Gasteiger partial charge in [-0.25, -0.2) is 0 Å². The third-order valence-electron chi connectivity index (χ3n) is 2.57. The lowest BCUT2D eigenvalue weighted by Crippen LogP contribution is -2.42. The number of nitrogens with two attached hydrogens (primary N) is 1. The normalized spacial score (nSPS) is 18.9. The molecule has 1 aliphatic rings.